The molecule has 2 atom stereocenters. The Morgan fingerprint density at radius 3 is 2.58 bits per heavy atom. The molecule has 2 nitrogen and oxygen atoms in total. The van der Waals surface area contributed by atoms with Gasteiger partial charge in [0.15, 0.2) is 0 Å². The van der Waals surface area contributed by atoms with Crippen molar-refractivity contribution in [2.45, 2.75) is 19.1 Å². The lowest BCUT2D eigenvalue weighted by Crippen LogP contribution is -1.95. The van der Waals surface area contributed by atoms with Gasteiger partial charge in [0.05, 0.1) is 6.61 Å². The van der Waals surface area contributed by atoms with Gasteiger partial charge in [0.2, 0.25) is 0 Å². The van der Waals surface area contributed by atoms with Gasteiger partial charge < -0.3 is 9.84 Å². The van der Waals surface area contributed by atoms with Gasteiger partial charge >= 0.3 is 0 Å². The Bertz CT molecular complexity index is 324. The van der Waals surface area contributed by atoms with E-state index in [2.05, 4.69) is 35.5 Å². The molecule has 1 aliphatic heterocycles. The highest BCUT2D eigenvalue weighted by Gasteiger charge is 2.36. The van der Waals surface area contributed by atoms with E-state index in [1.165, 1.54) is 0 Å². The molecule has 1 rings (SSSR count). The lowest BCUT2D eigenvalue weighted by molar-refractivity contribution is 0.243. The summed E-state index contributed by atoms with van der Waals surface area (Å²) < 4.78 is 4.95. The van der Waals surface area contributed by atoms with Crippen LogP contribution in [0.15, 0.2) is 0 Å². The summed E-state index contributed by atoms with van der Waals surface area (Å²) in [5, 5.41) is 8.57. The largest absolute Gasteiger partial charge is 0.394 e. The molecule has 0 aromatic rings. The fourth-order valence-corrected chi connectivity index (χ4v) is 0.641. The summed E-state index contributed by atoms with van der Waals surface area (Å²) in [4.78, 5) is 0. The van der Waals surface area contributed by atoms with Gasteiger partial charge in [0.25, 0.3) is 0 Å². The standard InChI is InChI=1S/C10H8O2/c1-2-3-4-5-6-7-9-10(8-11)12-9/h9-11H,8H2,1H3/t9-,10+/m0/s1. The monoisotopic (exact) mass is 160 g/mol. The summed E-state index contributed by atoms with van der Waals surface area (Å²) in [5.74, 6) is 15.6. The van der Waals surface area contributed by atoms with Crippen LogP contribution in [0.25, 0.3) is 0 Å². The Balaban J connectivity index is 2.31. The van der Waals surface area contributed by atoms with Gasteiger partial charge in [0, 0.05) is 0 Å². The van der Waals surface area contributed by atoms with Crippen molar-refractivity contribution in [3.05, 3.63) is 0 Å². The molecule has 0 aliphatic carbocycles. The van der Waals surface area contributed by atoms with Crippen LogP contribution in [0.5, 0.6) is 0 Å². The zero-order chi connectivity index (χ0) is 8.81. The number of epoxide rings is 1. The van der Waals surface area contributed by atoms with E-state index in [0.717, 1.165) is 0 Å². The van der Waals surface area contributed by atoms with E-state index in [-0.39, 0.29) is 18.8 Å². The Morgan fingerprint density at radius 1 is 1.25 bits per heavy atom. The Morgan fingerprint density at radius 2 is 2.00 bits per heavy atom. The van der Waals surface area contributed by atoms with Crippen molar-refractivity contribution in [3.8, 4) is 35.5 Å². The molecular weight excluding hydrogens is 152 g/mol. The lowest BCUT2D eigenvalue weighted by Gasteiger charge is -1.73. The summed E-state index contributed by atoms with van der Waals surface area (Å²) in [6.07, 6.45) is -0.226. The molecule has 0 amide bonds. The SMILES string of the molecule is CC#CC#CC#C[C@@H]1O[C@@H]1CO. The van der Waals surface area contributed by atoms with Crippen molar-refractivity contribution in [2.24, 2.45) is 0 Å². The van der Waals surface area contributed by atoms with Gasteiger partial charge in [-0.2, -0.15) is 0 Å². The van der Waals surface area contributed by atoms with Crippen LogP contribution in [0.3, 0.4) is 0 Å². The molecule has 1 heterocycles. The van der Waals surface area contributed by atoms with Crippen molar-refractivity contribution in [1.29, 1.82) is 0 Å². The zero-order valence-corrected chi connectivity index (χ0v) is 6.72. The summed E-state index contributed by atoms with van der Waals surface area (Å²) in [6, 6.07) is 0. The Labute approximate surface area is 71.9 Å². The van der Waals surface area contributed by atoms with Crippen LogP contribution in [0, 0.1) is 35.5 Å². The van der Waals surface area contributed by atoms with E-state index in [1.807, 2.05) is 0 Å². The molecule has 2 heteroatoms. The second kappa shape index (κ2) is 4.47. The van der Waals surface area contributed by atoms with Crippen molar-refractivity contribution in [1.82, 2.24) is 0 Å². The fraction of sp³-hybridized carbons (Fsp3) is 0.400. The van der Waals surface area contributed by atoms with Crippen molar-refractivity contribution < 1.29 is 9.84 Å². The molecule has 0 saturated carbocycles. The number of hydrogen-bond donors (Lipinski definition) is 1. The molecule has 0 radical (unpaired) electrons. The Hall–Kier alpha value is -1.40. The molecule has 1 saturated heterocycles. The second-order valence-electron chi connectivity index (χ2n) is 2.17. The average molecular weight is 160 g/mol. The highest BCUT2D eigenvalue weighted by molar-refractivity contribution is 5.36. The minimum atomic E-state index is -0.126. The molecule has 0 aromatic carbocycles. The van der Waals surface area contributed by atoms with Crippen molar-refractivity contribution in [3.63, 3.8) is 0 Å². The molecule has 0 unspecified atom stereocenters. The summed E-state index contributed by atoms with van der Waals surface area (Å²) in [7, 11) is 0. The number of aliphatic hydroxyl groups excluding tert-OH is 1. The van der Waals surface area contributed by atoms with Crippen LogP contribution in [0.2, 0.25) is 0 Å². The first-order chi connectivity index (χ1) is 5.88. The predicted molar refractivity (Wildman–Crippen MR) is 44.7 cm³/mol. The maximum Gasteiger partial charge on any atom is 0.148 e. The van der Waals surface area contributed by atoms with Gasteiger partial charge in [-0.15, -0.1) is 0 Å². The second-order valence-corrected chi connectivity index (χ2v) is 2.17. The van der Waals surface area contributed by atoms with Crippen LogP contribution >= 0.6 is 0 Å². The molecule has 1 N–H and O–H groups in total. The first kappa shape index (κ1) is 8.69. The van der Waals surface area contributed by atoms with E-state index in [4.69, 9.17) is 9.84 Å². The molecule has 0 aromatic heterocycles. The predicted octanol–water partition coefficient (Wildman–Crippen LogP) is -0.224. The van der Waals surface area contributed by atoms with Crippen molar-refractivity contribution >= 4 is 0 Å². The summed E-state index contributed by atoms with van der Waals surface area (Å²) >= 11 is 0. The van der Waals surface area contributed by atoms with E-state index in [0.29, 0.717) is 0 Å². The zero-order valence-electron chi connectivity index (χ0n) is 6.72. The molecular formula is C10H8O2. The van der Waals surface area contributed by atoms with E-state index < -0.39 is 0 Å². The Kier molecular flexibility index (Phi) is 3.24. The van der Waals surface area contributed by atoms with Gasteiger partial charge in [-0.25, -0.2) is 0 Å². The van der Waals surface area contributed by atoms with Gasteiger partial charge in [-0.05, 0) is 30.6 Å². The normalized spacial score (nSPS) is 23.5. The molecule has 60 valence electrons. The third-order valence-corrected chi connectivity index (χ3v) is 1.29. The van der Waals surface area contributed by atoms with Crippen LogP contribution in [-0.4, -0.2) is 23.9 Å². The third-order valence-electron chi connectivity index (χ3n) is 1.29. The van der Waals surface area contributed by atoms with Crippen LogP contribution in [0.4, 0.5) is 0 Å². The number of hydrogen-bond acceptors (Lipinski definition) is 2. The quantitative estimate of drug-likeness (QED) is 0.425. The minimum Gasteiger partial charge on any atom is -0.394 e. The average Bonchev–Trinajstić information content (AvgIpc) is 2.83. The highest BCUT2D eigenvalue weighted by Crippen LogP contribution is 2.19. The summed E-state index contributed by atoms with van der Waals surface area (Å²) in [6.45, 7) is 1.75. The smallest absolute Gasteiger partial charge is 0.148 e. The van der Waals surface area contributed by atoms with Crippen LogP contribution < -0.4 is 0 Å². The number of rotatable bonds is 1. The van der Waals surface area contributed by atoms with Gasteiger partial charge in [-0.3, -0.25) is 0 Å². The van der Waals surface area contributed by atoms with Gasteiger partial charge in [0.1, 0.15) is 12.2 Å². The topological polar surface area (TPSA) is 32.8 Å². The molecule has 1 fully saturated rings. The lowest BCUT2D eigenvalue weighted by atomic mass is 10.3. The first-order valence-electron chi connectivity index (χ1n) is 3.57. The molecule has 0 spiro atoms. The van der Waals surface area contributed by atoms with Gasteiger partial charge in [-0.1, -0.05) is 11.8 Å². The minimum absolute atomic E-state index is 0.0293. The van der Waals surface area contributed by atoms with E-state index in [1.54, 1.807) is 6.92 Å². The number of ether oxygens (including phenoxy) is 1. The number of aliphatic hydroxyl groups is 1. The first-order valence-corrected chi connectivity index (χ1v) is 3.57. The molecule has 0 bridgehead atoms. The van der Waals surface area contributed by atoms with Crippen LogP contribution in [0.1, 0.15) is 6.92 Å². The third kappa shape index (κ3) is 2.69. The fourth-order valence-electron chi connectivity index (χ4n) is 0.641. The highest BCUT2D eigenvalue weighted by atomic mass is 16.6. The van der Waals surface area contributed by atoms with Crippen LogP contribution in [-0.2, 0) is 4.74 Å². The van der Waals surface area contributed by atoms with E-state index in [9.17, 15) is 0 Å². The molecule has 1 aliphatic rings. The summed E-state index contributed by atoms with van der Waals surface area (Å²) in [5.41, 5.74) is 0. The van der Waals surface area contributed by atoms with E-state index >= 15 is 0 Å². The maximum absolute atomic E-state index is 8.57. The molecule has 12 heavy (non-hydrogen) atoms. The van der Waals surface area contributed by atoms with Crippen molar-refractivity contribution in [2.75, 3.05) is 6.61 Å². The maximum atomic E-state index is 8.57.